The lowest BCUT2D eigenvalue weighted by atomic mass is 10.2. The standard InChI is InChI=1S/C15H8N4S2/c16-7-11(8-17)18-9-10-3-4-12-14(6-10)21-15(19-12)13-2-1-5-20-13/h1-6H,9H2. The molecule has 0 atom stereocenters. The van der Waals surface area contributed by atoms with E-state index in [1.807, 2.05) is 29.6 Å². The Balaban J connectivity index is 1.93. The Kier molecular flexibility index (Phi) is 3.74. The third kappa shape index (κ3) is 2.82. The van der Waals surface area contributed by atoms with Crippen molar-refractivity contribution in [3.05, 3.63) is 41.3 Å². The molecule has 0 bridgehead atoms. The third-order valence-electron chi connectivity index (χ3n) is 2.82. The number of hydrogen-bond acceptors (Lipinski definition) is 6. The van der Waals surface area contributed by atoms with Crippen molar-refractivity contribution in [3.63, 3.8) is 0 Å². The van der Waals surface area contributed by atoms with E-state index in [1.165, 1.54) is 0 Å². The summed E-state index contributed by atoms with van der Waals surface area (Å²) in [6, 6.07) is 13.5. The highest BCUT2D eigenvalue weighted by Gasteiger charge is 2.07. The third-order valence-corrected chi connectivity index (χ3v) is 4.87. The minimum Gasteiger partial charge on any atom is -0.260 e. The van der Waals surface area contributed by atoms with E-state index in [9.17, 15) is 0 Å². The number of hydrogen-bond donors (Lipinski definition) is 0. The summed E-state index contributed by atoms with van der Waals surface area (Å²) >= 11 is 3.31. The molecule has 100 valence electrons. The van der Waals surface area contributed by atoms with Gasteiger partial charge in [0.1, 0.15) is 17.1 Å². The molecule has 21 heavy (non-hydrogen) atoms. The molecule has 3 rings (SSSR count). The quantitative estimate of drug-likeness (QED) is 0.686. The number of fused-ring (bicyclic) bond motifs is 1. The normalized spacial score (nSPS) is 10.0. The Morgan fingerprint density at radius 3 is 2.81 bits per heavy atom. The van der Waals surface area contributed by atoms with Crippen LogP contribution in [-0.2, 0) is 6.54 Å². The van der Waals surface area contributed by atoms with Crippen molar-refractivity contribution < 1.29 is 0 Å². The summed E-state index contributed by atoms with van der Waals surface area (Å²) in [6.07, 6.45) is 0. The van der Waals surface area contributed by atoms with Crippen LogP contribution in [0, 0.1) is 22.7 Å². The molecule has 2 heterocycles. The molecule has 0 aliphatic rings. The van der Waals surface area contributed by atoms with Gasteiger partial charge in [0.25, 0.3) is 0 Å². The predicted octanol–water partition coefficient (Wildman–Crippen LogP) is 4.01. The number of nitriles is 2. The van der Waals surface area contributed by atoms with E-state index in [1.54, 1.807) is 34.8 Å². The van der Waals surface area contributed by atoms with Crippen LogP contribution in [0.4, 0.5) is 0 Å². The zero-order valence-electron chi connectivity index (χ0n) is 10.8. The topological polar surface area (TPSA) is 72.8 Å². The molecule has 0 fully saturated rings. The van der Waals surface area contributed by atoms with Crippen LogP contribution in [0.3, 0.4) is 0 Å². The minimum absolute atomic E-state index is 0.0984. The van der Waals surface area contributed by atoms with Crippen molar-refractivity contribution in [1.82, 2.24) is 4.98 Å². The van der Waals surface area contributed by atoms with Crippen LogP contribution in [0.2, 0.25) is 0 Å². The molecular formula is C15H8N4S2. The van der Waals surface area contributed by atoms with Crippen molar-refractivity contribution in [2.45, 2.75) is 6.54 Å². The Morgan fingerprint density at radius 1 is 1.24 bits per heavy atom. The van der Waals surface area contributed by atoms with Crippen LogP contribution in [0.1, 0.15) is 5.56 Å². The highest BCUT2D eigenvalue weighted by molar-refractivity contribution is 7.25. The second-order valence-electron chi connectivity index (χ2n) is 4.19. The number of aliphatic imine (C=N–C) groups is 1. The summed E-state index contributed by atoms with van der Waals surface area (Å²) in [4.78, 5) is 9.75. The van der Waals surface area contributed by atoms with Crippen LogP contribution in [0.5, 0.6) is 0 Å². The van der Waals surface area contributed by atoms with Gasteiger partial charge in [-0.2, -0.15) is 10.5 Å². The molecule has 0 unspecified atom stereocenters. The van der Waals surface area contributed by atoms with Gasteiger partial charge in [-0.25, -0.2) is 4.98 Å². The second-order valence-corrected chi connectivity index (χ2v) is 6.17. The first-order valence-electron chi connectivity index (χ1n) is 6.08. The van der Waals surface area contributed by atoms with Gasteiger partial charge in [0, 0.05) is 0 Å². The Hall–Kier alpha value is -2.54. The fraction of sp³-hybridized carbons (Fsp3) is 0.0667. The first-order valence-corrected chi connectivity index (χ1v) is 7.78. The average Bonchev–Trinajstić information content (AvgIpc) is 3.16. The molecule has 3 aromatic rings. The maximum Gasteiger partial charge on any atom is 0.213 e. The SMILES string of the molecule is N#CC(C#N)=NCc1ccc2nc(-c3cccs3)sc2c1. The van der Waals surface area contributed by atoms with Gasteiger partial charge in [-0.3, -0.25) is 4.99 Å². The summed E-state index contributed by atoms with van der Waals surface area (Å²) in [7, 11) is 0. The van der Waals surface area contributed by atoms with E-state index in [2.05, 4.69) is 16.0 Å². The van der Waals surface area contributed by atoms with E-state index in [4.69, 9.17) is 10.5 Å². The molecule has 6 heteroatoms. The highest BCUT2D eigenvalue weighted by atomic mass is 32.1. The lowest BCUT2D eigenvalue weighted by molar-refractivity contribution is 1.08. The van der Waals surface area contributed by atoms with Gasteiger partial charge in [-0.15, -0.1) is 22.7 Å². The molecule has 0 amide bonds. The number of benzene rings is 1. The van der Waals surface area contributed by atoms with Crippen molar-refractivity contribution in [2.24, 2.45) is 4.99 Å². The van der Waals surface area contributed by atoms with Crippen molar-refractivity contribution in [1.29, 1.82) is 10.5 Å². The molecule has 0 saturated carbocycles. The van der Waals surface area contributed by atoms with Crippen LogP contribution in [0.15, 0.2) is 40.7 Å². The number of thiazole rings is 1. The average molecular weight is 308 g/mol. The van der Waals surface area contributed by atoms with E-state index in [0.717, 1.165) is 25.7 Å². The van der Waals surface area contributed by atoms with E-state index in [-0.39, 0.29) is 5.71 Å². The van der Waals surface area contributed by atoms with E-state index in [0.29, 0.717) is 6.54 Å². The zero-order chi connectivity index (χ0) is 14.7. The smallest absolute Gasteiger partial charge is 0.213 e. The molecule has 2 aromatic heterocycles. The fourth-order valence-electron chi connectivity index (χ4n) is 1.84. The summed E-state index contributed by atoms with van der Waals surface area (Å²) in [5.74, 6) is 0. The molecule has 0 aliphatic heterocycles. The first-order chi connectivity index (χ1) is 10.3. The Labute approximate surface area is 129 Å². The molecule has 0 saturated heterocycles. The number of nitrogens with zero attached hydrogens (tertiary/aromatic N) is 4. The number of thiophene rings is 1. The van der Waals surface area contributed by atoms with Crippen LogP contribution in [0.25, 0.3) is 20.1 Å². The largest absolute Gasteiger partial charge is 0.260 e. The Bertz CT molecular complexity index is 876. The molecule has 1 aromatic carbocycles. The van der Waals surface area contributed by atoms with Gasteiger partial charge < -0.3 is 0 Å². The number of rotatable bonds is 3. The fourth-order valence-corrected chi connectivity index (χ4v) is 3.67. The van der Waals surface area contributed by atoms with Gasteiger partial charge >= 0.3 is 0 Å². The Morgan fingerprint density at radius 2 is 2.10 bits per heavy atom. The summed E-state index contributed by atoms with van der Waals surface area (Å²) < 4.78 is 1.08. The molecule has 0 radical (unpaired) electrons. The molecule has 0 spiro atoms. The molecule has 0 aliphatic carbocycles. The summed E-state index contributed by atoms with van der Waals surface area (Å²) in [5, 5.41) is 20.4. The van der Waals surface area contributed by atoms with Crippen LogP contribution in [-0.4, -0.2) is 10.7 Å². The van der Waals surface area contributed by atoms with Gasteiger partial charge in [-0.1, -0.05) is 12.1 Å². The van der Waals surface area contributed by atoms with Gasteiger partial charge in [0.15, 0.2) is 0 Å². The minimum atomic E-state index is -0.0984. The maximum absolute atomic E-state index is 8.67. The second kappa shape index (κ2) is 5.84. The summed E-state index contributed by atoms with van der Waals surface area (Å²) in [6.45, 7) is 0.332. The van der Waals surface area contributed by atoms with Crippen molar-refractivity contribution >= 4 is 38.6 Å². The van der Waals surface area contributed by atoms with Crippen LogP contribution >= 0.6 is 22.7 Å². The zero-order valence-corrected chi connectivity index (χ0v) is 12.4. The molecule has 4 nitrogen and oxygen atoms in total. The molecule has 0 N–H and O–H groups in total. The monoisotopic (exact) mass is 308 g/mol. The maximum atomic E-state index is 8.67. The van der Waals surface area contributed by atoms with Gasteiger partial charge in [-0.05, 0) is 29.1 Å². The summed E-state index contributed by atoms with van der Waals surface area (Å²) in [5.41, 5.74) is 1.82. The predicted molar refractivity (Wildman–Crippen MR) is 85.3 cm³/mol. The number of aromatic nitrogens is 1. The van der Waals surface area contributed by atoms with E-state index >= 15 is 0 Å². The van der Waals surface area contributed by atoms with E-state index < -0.39 is 0 Å². The molecular weight excluding hydrogens is 300 g/mol. The lowest BCUT2D eigenvalue weighted by Gasteiger charge is -1.95. The van der Waals surface area contributed by atoms with Crippen molar-refractivity contribution in [3.8, 4) is 22.0 Å². The first kappa shape index (κ1) is 13.4. The highest BCUT2D eigenvalue weighted by Crippen LogP contribution is 2.33. The van der Waals surface area contributed by atoms with Crippen molar-refractivity contribution in [2.75, 3.05) is 0 Å². The lowest BCUT2D eigenvalue weighted by Crippen LogP contribution is -1.90. The van der Waals surface area contributed by atoms with Gasteiger partial charge in [0.2, 0.25) is 5.71 Å². The van der Waals surface area contributed by atoms with Gasteiger partial charge in [0.05, 0.1) is 21.6 Å². The van der Waals surface area contributed by atoms with Crippen LogP contribution < -0.4 is 0 Å².